The van der Waals surface area contributed by atoms with Crippen molar-refractivity contribution in [2.24, 2.45) is 0 Å². The Morgan fingerprint density at radius 3 is 2.09 bits per heavy atom. The molecule has 168 valence electrons. The third-order valence-corrected chi connectivity index (χ3v) is 5.89. The number of rotatable bonds is 5. The Balaban J connectivity index is 1.90. The molecule has 0 spiro atoms. The number of anilines is 2. The number of methoxy groups -OCH3 is 1. The molecule has 1 aliphatic rings. The van der Waals surface area contributed by atoms with Crippen molar-refractivity contribution in [2.45, 2.75) is 6.04 Å². The molecule has 1 heterocycles. The van der Waals surface area contributed by atoms with Crippen LogP contribution in [0.3, 0.4) is 0 Å². The predicted octanol–water partition coefficient (Wildman–Crippen LogP) is 5.04. The highest BCUT2D eigenvalue weighted by Crippen LogP contribution is 2.42. The summed E-state index contributed by atoms with van der Waals surface area (Å²) in [5, 5.41) is 11.6. The van der Waals surface area contributed by atoms with Crippen LogP contribution in [0.25, 0.3) is 5.76 Å². The summed E-state index contributed by atoms with van der Waals surface area (Å²) in [6.07, 6.45) is 0. The van der Waals surface area contributed by atoms with Gasteiger partial charge in [0.25, 0.3) is 11.7 Å². The van der Waals surface area contributed by atoms with E-state index in [9.17, 15) is 14.7 Å². The molecule has 1 fully saturated rings. The van der Waals surface area contributed by atoms with E-state index in [2.05, 4.69) is 0 Å². The fourth-order valence-electron chi connectivity index (χ4n) is 3.88. The van der Waals surface area contributed by atoms with E-state index in [-0.39, 0.29) is 11.3 Å². The average Bonchev–Trinajstić information content (AvgIpc) is 3.09. The van der Waals surface area contributed by atoms with Crippen LogP contribution in [0.2, 0.25) is 5.02 Å². The summed E-state index contributed by atoms with van der Waals surface area (Å²) >= 11 is 5.98. The first-order valence-electron chi connectivity index (χ1n) is 10.3. The molecule has 0 aliphatic carbocycles. The van der Waals surface area contributed by atoms with Gasteiger partial charge in [0.05, 0.1) is 18.7 Å². The molecule has 0 unspecified atom stereocenters. The van der Waals surface area contributed by atoms with E-state index in [1.807, 2.05) is 43.3 Å². The van der Waals surface area contributed by atoms with Crippen LogP contribution in [0, 0.1) is 0 Å². The van der Waals surface area contributed by atoms with Gasteiger partial charge in [0.1, 0.15) is 11.5 Å². The Morgan fingerprint density at radius 2 is 1.55 bits per heavy atom. The minimum atomic E-state index is -0.801. The van der Waals surface area contributed by atoms with Crippen molar-refractivity contribution in [1.82, 2.24) is 0 Å². The molecule has 1 aliphatic heterocycles. The molecule has 3 aromatic carbocycles. The van der Waals surface area contributed by atoms with E-state index < -0.39 is 17.7 Å². The summed E-state index contributed by atoms with van der Waals surface area (Å²) in [5.41, 5.74) is 2.62. The minimum absolute atomic E-state index is 0.0238. The number of carbonyl (C=O) groups excluding carboxylic acids is 2. The van der Waals surface area contributed by atoms with Crippen LogP contribution in [-0.2, 0) is 9.59 Å². The molecule has 3 aromatic rings. The maximum Gasteiger partial charge on any atom is 0.300 e. The smallest absolute Gasteiger partial charge is 0.300 e. The highest BCUT2D eigenvalue weighted by molar-refractivity contribution is 6.51. The third kappa shape index (κ3) is 4.17. The van der Waals surface area contributed by atoms with E-state index in [1.165, 1.54) is 4.90 Å². The molecule has 7 heteroatoms. The van der Waals surface area contributed by atoms with E-state index in [0.29, 0.717) is 27.6 Å². The molecular formula is C26H23ClN2O4. The van der Waals surface area contributed by atoms with Crippen molar-refractivity contribution in [3.05, 3.63) is 94.5 Å². The highest BCUT2D eigenvalue weighted by atomic mass is 35.5. The number of carbonyl (C=O) groups is 2. The van der Waals surface area contributed by atoms with Gasteiger partial charge in [0.15, 0.2) is 0 Å². The van der Waals surface area contributed by atoms with Crippen molar-refractivity contribution in [3.63, 3.8) is 0 Å². The van der Waals surface area contributed by atoms with Gasteiger partial charge in [0, 0.05) is 36.1 Å². The SMILES string of the molecule is COc1ccc(N2C(=O)C(=O)C(=C(O)c3ccc(Cl)cc3)[C@H]2c2ccc(N(C)C)cc2)cc1. The number of nitrogens with zero attached hydrogens (tertiary/aromatic N) is 2. The lowest BCUT2D eigenvalue weighted by atomic mass is 9.95. The lowest BCUT2D eigenvalue weighted by molar-refractivity contribution is -0.132. The van der Waals surface area contributed by atoms with Gasteiger partial charge in [-0.05, 0) is 66.2 Å². The maximum absolute atomic E-state index is 13.2. The molecule has 1 atom stereocenters. The monoisotopic (exact) mass is 462 g/mol. The van der Waals surface area contributed by atoms with E-state index in [1.54, 1.807) is 55.6 Å². The Morgan fingerprint density at radius 1 is 0.939 bits per heavy atom. The van der Waals surface area contributed by atoms with Gasteiger partial charge in [-0.1, -0.05) is 23.7 Å². The first-order valence-corrected chi connectivity index (χ1v) is 10.7. The largest absolute Gasteiger partial charge is 0.507 e. The third-order valence-electron chi connectivity index (χ3n) is 5.64. The number of hydrogen-bond acceptors (Lipinski definition) is 5. The zero-order valence-electron chi connectivity index (χ0n) is 18.4. The van der Waals surface area contributed by atoms with Gasteiger partial charge < -0.3 is 14.7 Å². The van der Waals surface area contributed by atoms with Crippen LogP contribution in [0.4, 0.5) is 11.4 Å². The summed E-state index contributed by atoms with van der Waals surface area (Å²) < 4.78 is 5.22. The van der Waals surface area contributed by atoms with Crippen molar-refractivity contribution < 1.29 is 19.4 Å². The second kappa shape index (κ2) is 9.00. The number of halogens is 1. The van der Waals surface area contributed by atoms with Crippen LogP contribution in [0.1, 0.15) is 17.2 Å². The summed E-state index contributed by atoms with van der Waals surface area (Å²) in [6, 6.07) is 20.1. The lowest BCUT2D eigenvalue weighted by Crippen LogP contribution is -2.29. The van der Waals surface area contributed by atoms with Gasteiger partial charge in [-0.25, -0.2) is 0 Å². The zero-order chi connectivity index (χ0) is 23.7. The molecule has 0 saturated carbocycles. The van der Waals surface area contributed by atoms with Crippen molar-refractivity contribution in [3.8, 4) is 5.75 Å². The normalized spacial score (nSPS) is 17.3. The number of aliphatic hydroxyl groups excluding tert-OH is 1. The van der Waals surface area contributed by atoms with Gasteiger partial charge in [-0.2, -0.15) is 0 Å². The molecule has 0 aromatic heterocycles. The Labute approximate surface area is 197 Å². The Kier molecular flexibility index (Phi) is 6.11. The summed E-state index contributed by atoms with van der Waals surface area (Å²) in [4.78, 5) is 29.7. The first kappa shape index (κ1) is 22.4. The number of Topliss-reactive ketones (excluding diaryl/α,β-unsaturated/α-hetero) is 1. The molecule has 1 saturated heterocycles. The molecule has 1 amide bonds. The van der Waals surface area contributed by atoms with Crippen LogP contribution in [0.5, 0.6) is 5.75 Å². The quantitative estimate of drug-likeness (QED) is 0.327. The standard InChI is InChI=1S/C26H23ClN2O4/c1-28(2)19-10-6-16(7-11-19)23-22(24(30)17-4-8-18(27)9-5-17)25(31)26(32)29(23)20-12-14-21(33-3)15-13-20/h4-15,23,30H,1-3H3/t23-/m1/s1. The van der Waals surface area contributed by atoms with Gasteiger partial charge in [0.2, 0.25) is 0 Å². The Bertz CT molecular complexity index is 1220. The number of benzene rings is 3. The van der Waals surface area contributed by atoms with Crippen LogP contribution >= 0.6 is 11.6 Å². The second-order valence-corrected chi connectivity index (χ2v) is 8.30. The van der Waals surface area contributed by atoms with Crippen molar-refractivity contribution in [1.29, 1.82) is 0 Å². The molecule has 0 radical (unpaired) electrons. The Hall–Kier alpha value is -3.77. The van der Waals surface area contributed by atoms with Crippen molar-refractivity contribution in [2.75, 3.05) is 31.0 Å². The van der Waals surface area contributed by atoms with E-state index in [4.69, 9.17) is 16.3 Å². The predicted molar refractivity (Wildman–Crippen MR) is 130 cm³/mol. The number of hydrogen-bond donors (Lipinski definition) is 1. The highest BCUT2D eigenvalue weighted by Gasteiger charge is 2.47. The molecular weight excluding hydrogens is 440 g/mol. The summed E-state index contributed by atoms with van der Waals surface area (Å²) in [7, 11) is 5.41. The topological polar surface area (TPSA) is 70.1 Å². The second-order valence-electron chi connectivity index (χ2n) is 7.86. The van der Waals surface area contributed by atoms with E-state index in [0.717, 1.165) is 5.69 Å². The molecule has 0 bridgehead atoms. The van der Waals surface area contributed by atoms with Gasteiger partial charge >= 0.3 is 0 Å². The maximum atomic E-state index is 13.2. The molecule has 6 nitrogen and oxygen atoms in total. The van der Waals surface area contributed by atoms with E-state index >= 15 is 0 Å². The number of ether oxygens (including phenoxy) is 1. The van der Waals surface area contributed by atoms with Gasteiger partial charge in [-0.15, -0.1) is 0 Å². The van der Waals surface area contributed by atoms with Crippen molar-refractivity contribution >= 4 is 40.4 Å². The molecule has 33 heavy (non-hydrogen) atoms. The number of aliphatic hydroxyl groups is 1. The van der Waals surface area contributed by atoms with Gasteiger partial charge in [-0.3, -0.25) is 14.5 Å². The first-order chi connectivity index (χ1) is 15.8. The van der Waals surface area contributed by atoms with Crippen LogP contribution in [-0.4, -0.2) is 38.0 Å². The average molecular weight is 463 g/mol. The molecule has 4 rings (SSSR count). The zero-order valence-corrected chi connectivity index (χ0v) is 19.2. The fraction of sp³-hybridized carbons (Fsp3) is 0.154. The lowest BCUT2D eigenvalue weighted by Gasteiger charge is -2.26. The number of amides is 1. The van der Waals surface area contributed by atoms with Crippen LogP contribution in [0.15, 0.2) is 78.4 Å². The number of ketones is 1. The fourth-order valence-corrected chi connectivity index (χ4v) is 4.00. The van der Waals surface area contributed by atoms with Crippen LogP contribution < -0.4 is 14.5 Å². The molecule has 1 N–H and O–H groups in total. The summed E-state index contributed by atoms with van der Waals surface area (Å²) in [5.74, 6) is -1.08. The summed E-state index contributed by atoms with van der Waals surface area (Å²) in [6.45, 7) is 0. The minimum Gasteiger partial charge on any atom is -0.507 e.